The minimum atomic E-state index is -0.0198. The topological polar surface area (TPSA) is 67.3 Å². The molecule has 0 saturated heterocycles. The number of amides is 1. The van der Waals surface area contributed by atoms with Gasteiger partial charge in [-0.15, -0.1) is 12.3 Å². The second kappa shape index (κ2) is 8.41. The number of hydrogen-bond donors (Lipinski definition) is 1. The normalized spacial score (nSPS) is 15.6. The molecule has 0 spiro atoms. The van der Waals surface area contributed by atoms with Gasteiger partial charge in [0.05, 0.1) is 12.3 Å². The van der Waals surface area contributed by atoms with E-state index in [9.17, 15) is 4.79 Å². The van der Waals surface area contributed by atoms with Crippen molar-refractivity contribution >= 4 is 11.9 Å². The van der Waals surface area contributed by atoms with Crippen LogP contribution < -0.4 is 5.32 Å². The Morgan fingerprint density at radius 3 is 2.82 bits per heavy atom. The average molecular weight is 376 g/mol. The number of aromatic nitrogens is 2. The first-order valence-electron chi connectivity index (χ1n) is 9.70. The molecule has 1 amide bonds. The summed E-state index contributed by atoms with van der Waals surface area (Å²) in [5.74, 6) is 3.15. The van der Waals surface area contributed by atoms with Crippen LogP contribution in [0.5, 0.6) is 0 Å². The molecule has 0 fully saturated rings. The van der Waals surface area contributed by atoms with Gasteiger partial charge in [-0.3, -0.25) is 4.79 Å². The molecule has 1 N–H and O–H groups in total. The highest BCUT2D eigenvalue weighted by Crippen LogP contribution is 2.24. The van der Waals surface area contributed by atoms with Crippen LogP contribution in [0.4, 0.5) is 5.95 Å². The van der Waals surface area contributed by atoms with E-state index in [0.29, 0.717) is 38.1 Å². The smallest absolute Gasteiger partial charge is 0.248 e. The van der Waals surface area contributed by atoms with Crippen molar-refractivity contribution < 1.29 is 9.53 Å². The molecule has 1 aromatic carbocycles. The van der Waals surface area contributed by atoms with Gasteiger partial charge < -0.3 is 15.0 Å². The molecule has 2 aliphatic rings. The summed E-state index contributed by atoms with van der Waals surface area (Å²) in [6, 6.07) is 8.88. The maximum atomic E-state index is 12.3. The zero-order valence-corrected chi connectivity index (χ0v) is 15.9. The van der Waals surface area contributed by atoms with Crippen LogP contribution in [0.25, 0.3) is 0 Å². The van der Waals surface area contributed by atoms with Crippen molar-refractivity contribution in [3.05, 3.63) is 52.8 Å². The molecule has 1 aliphatic heterocycles. The molecule has 144 valence electrons. The van der Waals surface area contributed by atoms with Crippen LogP contribution in [0.3, 0.4) is 0 Å². The molecular formula is C22H24N4O2. The standard InChI is InChI=1S/C22H24N4O2/c1-2-3-10-28-15-21(27)26-9-8-20-18(14-26)13-23-22(25-20)24-19-11-16-6-4-5-7-17(16)12-19/h1,4-7,13,19H,3,8-12,14-15H2,(H,23,24,25). The van der Waals surface area contributed by atoms with Gasteiger partial charge in [0.1, 0.15) is 6.61 Å². The number of fused-ring (bicyclic) bond motifs is 2. The van der Waals surface area contributed by atoms with Crippen LogP contribution in [0.2, 0.25) is 0 Å². The van der Waals surface area contributed by atoms with Gasteiger partial charge in [0.15, 0.2) is 0 Å². The number of carbonyl (C=O) groups is 1. The second-order valence-electron chi connectivity index (χ2n) is 7.26. The molecule has 2 aromatic rings. The lowest BCUT2D eigenvalue weighted by Crippen LogP contribution is -2.38. The number of terminal acetylenes is 1. The van der Waals surface area contributed by atoms with E-state index in [4.69, 9.17) is 16.1 Å². The van der Waals surface area contributed by atoms with Gasteiger partial charge in [-0.1, -0.05) is 24.3 Å². The maximum Gasteiger partial charge on any atom is 0.248 e. The zero-order valence-electron chi connectivity index (χ0n) is 15.9. The minimum absolute atomic E-state index is 0.0198. The molecule has 1 aromatic heterocycles. The number of nitrogens with one attached hydrogen (secondary N) is 1. The summed E-state index contributed by atoms with van der Waals surface area (Å²) in [6.45, 7) is 1.66. The van der Waals surface area contributed by atoms with Crippen LogP contribution in [0.1, 0.15) is 28.8 Å². The summed E-state index contributed by atoms with van der Waals surface area (Å²) < 4.78 is 5.32. The van der Waals surface area contributed by atoms with Crippen LogP contribution >= 0.6 is 0 Å². The molecular weight excluding hydrogens is 352 g/mol. The van der Waals surface area contributed by atoms with Crippen molar-refractivity contribution in [1.29, 1.82) is 0 Å². The predicted octanol–water partition coefficient (Wildman–Crippen LogP) is 1.98. The molecule has 0 saturated carbocycles. The summed E-state index contributed by atoms with van der Waals surface area (Å²) in [4.78, 5) is 23.3. The van der Waals surface area contributed by atoms with Crippen molar-refractivity contribution in [3.63, 3.8) is 0 Å². The van der Waals surface area contributed by atoms with Gasteiger partial charge in [-0.25, -0.2) is 9.97 Å². The van der Waals surface area contributed by atoms with Gasteiger partial charge in [-0.05, 0) is 24.0 Å². The Labute approximate surface area is 165 Å². The van der Waals surface area contributed by atoms with Crippen LogP contribution in [-0.2, 0) is 35.3 Å². The SMILES string of the molecule is C#CCCOCC(=O)N1CCc2nc(NC3Cc4ccccc4C3)ncc2C1. The van der Waals surface area contributed by atoms with Gasteiger partial charge in [-0.2, -0.15) is 0 Å². The van der Waals surface area contributed by atoms with E-state index in [1.54, 1.807) is 4.90 Å². The molecule has 0 unspecified atom stereocenters. The summed E-state index contributed by atoms with van der Waals surface area (Å²) in [5, 5.41) is 3.47. The lowest BCUT2D eigenvalue weighted by molar-refractivity contribution is -0.137. The van der Waals surface area contributed by atoms with Crippen LogP contribution in [0.15, 0.2) is 30.5 Å². The number of benzene rings is 1. The highest BCUT2D eigenvalue weighted by atomic mass is 16.5. The molecule has 4 rings (SSSR count). The third-order valence-electron chi connectivity index (χ3n) is 5.29. The van der Waals surface area contributed by atoms with Gasteiger partial charge in [0.25, 0.3) is 0 Å². The average Bonchev–Trinajstić information content (AvgIpc) is 3.13. The minimum Gasteiger partial charge on any atom is -0.371 e. The van der Waals surface area contributed by atoms with E-state index in [2.05, 4.69) is 40.5 Å². The Kier molecular flexibility index (Phi) is 5.54. The first kappa shape index (κ1) is 18.5. The lowest BCUT2D eigenvalue weighted by atomic mass is 10.1. The van der Waals surface area contributed by atoms with Crippen molar-refractivity contribution in [2.24, 2.45) is 0 Å². The quantitative estimate of drug-likeness (QED) is 0.617. The summed E-state index contributed by atoms with van der Waals surface area (Å²) >= 11 is 0. The summed E-state index contributed by atoms with van der Waals surface area (Å²) in [7, 11) is 0. The van der Waals surface area contributed by atoms with E-state index in [-0.39, 0.29) is 12.5 Å². The maximum absolute atomic E-state index is 12.3. The van der Waals surface area contributed by atoms with Crippen LogP contribution in [-0.4, -0.2) is 46.6 Å². The van der Waals surface area contributed by atoms with Crippen molar-refractivity contribution in [1.82, 2.24) is 14.9 Å². The molecule has 1 aliphatic carbocycles. The molecule has 0 bridgehead atoms. The molecule has 0 radical (unpaired) electrons. The Hall–Kier alpha value is -2.91. The lowest BCUT2D eigenvalue weighted by Gasteiger charge is -2.28. The third-order valence-corrected chi connectivity index (χ3v) is 5.29. The van der Waals surface area contributed by atoms with Gasteiger partial charge in [0.2, 0.25) is 11.9 Å². The zero-order chi connectivity index (χ0) is 19.3. The van der Waals surface area contributed by atoms with Crippen molar-refractivity contribution in [3.8, 4) is 12.3 Å². The summed E-state index contributed by atoms with van der Waals surface area (Å²) in [5.41, 5.74) is 4.82. The fraction of sp³-hybridized carbons (Fsp3) is 0.409. The number of rotatable bonds is 6. The molecule has 28 heavy (non-hydrogen) atoms. The Morgan fingerprint density at radius 1 is 1.29 bits per heavy atom. The van der Waals surface area contributed by atoms with E-state index in [1.165, 1.54) is 11.1 Å². The number of ether oxygens (including phenoxy) is 1. The Bertz CT molecular complexity index is 881. The number of carbonyl (C=O) groups excluding carboxylic acids is 1. The number of hydrogen-bond acceptors (Lipinski definition) is 5. The fourth-order valence-electron chi connectivity index (χ4n) is 3.82. The highest BCUT2D eigenvalue weighted by Gasteiger charge is 2.24. The molecule has 6 heteroatoms. The number of anilines is 1. The van der Waals surface area contributed by atoms with Gasteiger partial charge in [0, 0.05) is 43.7 Å². The summed E-state index contributed by atoms with van der Waals surface area (Å²) in [6.07, 6.45) is 10.3. The first-order chi connectivity index (χ1) is 13.7. The van der Waals surface area contributed by atoms with E-state index < -0.39 is 0 Å². The third kappa shape index (κ3) is 4.15. The molecule has 2 heterocycles. The Balaban J connectivity index is 1.33. The highest BCUT2D eigenvalue weighted by molar-refractivity contribution is 5.77. The first-order valence-corrected chi connectivity index (χ1v) is 9.70. The Morgan fingerprint density at radius 2 is 2.07 bits per heavy atom. The fourth-order valence-corrected chi connectivity index (χ4v) is 3.82. The van der Waals surface area contributed by atoms with E-state index >= 15 is 0 Å². The second-order valence-corrected chi connectivity index (χ2v) is 7.26. The predicted molar refractivity (Wildman–Crippen MR) is 107 cm³/mol. The van der Waals surface area contributed by atoms with Gasteiger partial charge >= 0.3 is 0 Å². The van der Waals surface area contributed by atoms with E-state index in [1.807, 2.05) is 6.20 Å². The largest absolute Gasteiger partial charge is 0.371 e. The van der Waals surface area contributed by atoms with Crippen LogP contribution in [0, 0.1) is 12.3 Å². The van der Waals surface area contributed by atoms with Crippen molar-refractivity contribution in [2.75, 3.05) is 25.1 Å². The van der Waals surface area contributed by atoms with E-state index in [0.717, 1.165) is 30.5 Å². The molecule has 6 nitrogen and oxygen atoms in total. The molecule has 0 atom stereocenters. The van der Waals surface area contributed by atoms with Crippen molar-refractivity contribution in [2.45, 2.75) is 38.3 Å². The monoisotopic (exact) mass is 376 g/mol. The number of nitrogens with zero attached hydrogens (tertiary/aromatic N) is 3.